The zero-order chi connectivity index (χ0) is 19.9. The molecule has 2 aromatic carbocycles. The molecule has 0 aliphatic carbocycles. The van der Waals surface area contributed by atoms with E-state index in [1.807, 2.05) is 36.6 Å². The Kier molecular flexibility index (Phi) is 6.60. The lowest BCUT2D eigenvalue weighted by molar-refractivity contribution is 0.236. The highest BCUT2D eigenvalue weighted by atomic mass is 32.1. The van der Waals surface area contributed by atoms with Crippen molar-refractivity contribution >= 4 is 17.4 Å². The average Bonchev–Trinajstić information content (AvgIpc) is 3.13. The summed E-state index contributed by atoms with van der Waals surface area (Å²) in [5, 5.41) is 8.65. The maximum atomic E-state index is 13.2. The van der Waals surface area contributed by atoms with E-state index >= 15 is 0 Å². The van der Waals surface area contributed by atoms with Gasteiger partial charge in [0.2, 0.25) is 0 Å². The van der Waals surface area contributed by atoms with Crippen molar-refractivity contribution in [2.45, 2.75) is 25.9 Å². The van der Waals surface area contributed by atoms with Crippen LogP contribution in [0.5, 0.6) is 5.75 Å². The van der Waals surface area contributed by atoms with Gasteiger partial charge in [-0.2, -0.15) is 0 Å². The van der Waals surface area contributed by atoms with Crippen LogP contribution >= 0.6 is 11.3 Å². The number of ether oxygens (including phenoxy) is 1. The molecule has 1 heterocycles. The van der Waals surface area contributed by atoms with Crippen molar-refractivity contribution in [1.29, 1.82) is 0 Å². The van der Waals surface area contributed by atoms with Crippen molar-refractivity contribution in [3.8, 4) is 5.75 Å². The van der Waals surface area contributed by atoms with Crippen LogP contribution in [0.4, 0.5) is 9.18 Å². The number of hydrogen-bond donors (Lipinski definition) is 2. The number of benzene rings is 2. The Morgan fingerprint density at radius 2 is 1.89 bits per heavy atom. The molecule has 5 nitrogen and oxygen atoms in total. The number of nitrogens with one attached hydrogen (secondary N) is 2. The van der Waals surface area contributed by atoms with Gasteiger partial charge in [-0.25, -0.2) is 14.2 Å². The minimum atomic E-state index is -0.283. The Hall–Kier alpha value is -2.93. The highest BCUT2D eigenvalue weighted by molar-refractivity contribution is 7.09. The van der Waals surface area contributed by atoms with Crippen molar-refractivity contribution in [3.05, 3.63) is 81.6 Å². The van der Waals surface area contributed by atoms with Gasteiger partial charge in [-0.3, -0.25) is 0 Å². The summed E-state index contributed by atoms with van der Waals surface area (Å²) >= 11 is 1.51. The molecule has 0 saturated heterocycles. The number of hydrogen-bond acceptors (Lipinski definition) is 4. The first-order valence-electron chi connectivity index (χ1n) is 8.87. The van der Waals surface area contributed by atoms with Crippen LogP contribution in [0.1, 0.15) is 27.9 Å². The lowest BCUT2D eigenvalue weighted by Gasteiger charge is -2.20. The van der Waals surface area contributed by atoms with Crippen LogP contribution in [0.3, 0.4) is 0 Å². The molecule has 1 aromatic heterocycles. The first kappa shape index (κ1) is 19.8. The van der Waals surface area contributed by atoms with E-state index in [0.717, 1.165) is 27.6 Å². The van der Waals surface area contributed by atoms with Gasteiger partial charge in [-0.05, 0) is 48.7 Å². The van der Waals surface area contributed by atoms with E-state index < -0.39 is 0 Å². The van der Waals surface area contributed by atoms with E-state index in [9.17, 15) is 9.18 Å². The van der Waals surface area contributed by atoms with Gasteiger partial charge in [0.05, 0.1) is 19.7 Å². The van der Waals surface area contributed by atoms with Gasteiger partial charge in [-0.1, -0.05) is 24.3 Å². The Balaban J connectivity index is 1.70. The largest absolute Gasteiger partial charge is 0.497 e. The first-order valence-corrected chi connectivity index (χ1v) is 9.75. The number of aryl methyl sites for hydroxylation is 1. The molecule has 0 radical (unpaired) electrons. The highest BCUT2D eigenvalue weighted by Gasteiger charge is 2.16. The number of aromatic nitrogens is 1. The van der Waals surface area contributed by atoms with Crippen LogP contribution in [0.25, 0.3) is 0 Å². The zero-order valence-electron chi connectivity index (χ0n) is 15.7. The Bertz CT molecular complexity index is 910. The van der Waals surface area contributed by atoms with Crippen LogP contribution in [-0.4, -0.2) is 18.1 Å². The maximum absolute atomic E-state index is 13.2. The van der Waals surface area contributed by atoms with Crippen LogP contribution in [0.2, 0.25) is 0 Å². The fraction of sp³-hybridized carbons (Fsp3) is 0.238. The normalized spacial score (nSPS) is 11.7. The number of thiazole rings is 1. The first-order chi connectivity index (χ1) is 13.5. The number of carbonyl (C=O) groups is 1. The van der Waals surface area contributed by atoms with Gasteiger partial charge in [-0.15, -0.1) is 11.3 Å². The quantitative estimate of drug-likeness (QED) is 0.620. The van der Waals surface area contributed by atoms with Crippen molar-refractivity contribution in [2.24, 2.45) is 0 Å². The standard InChI is InChI=1S/C21H22FN3O2S/c1-14-13-28-20(24-14)12-23-21(26)25-19(11-15-3-7-17(22)8-4-15)16-5-9-18(27-2)10-6-16/h3-10,13,19H,11-12H2,1-2H3,(H2,23,25,26)/t19-/m0/s1. The third-order valence-corrected chi connectivity index (χ3v) is 5.21. The molecule has 28 heavy (non-hydrogen) atoms. The summed E-state index contributed by atoms with van der Waals surface area (Å²) < 4.78 is 18.4. The van der Waals surface area contributed by atoms with E-state index in [4.69, 9.17) is 4.74 Å². The number of halogens is 1. The van der Waals surface area contributed by atoms with Crippen molar-refractivity contribution in [3.63, 3.8) is 0 Å². The number of carbonyl (C=O) groups excluding carboxylic acids is 1. The SMILES string of the molecule is COc1ccc([C@H](Cc2ccc(F)cc2)NC(=O)NCc2nc(C)cs2)cc1. The molecule has 0 saturated carbocycles. The van der Waals surface area contributed by atoms with E-state index in [2.05, 4.69) is 15.6 Å². The zero-order valence-corrected chi connectivity index (χ0v) is 16.6. The molecule has 146 valence electrons. The molecule has 2 N–H and O–H groups in total. The lowest BCUT2D eigenvalue weighted by atomic mass is 9.99. The van der Waals surface area contributed by atoms with Crippen molar-refractivity contribution < 1.29 is 13.9 Å². The van der Waals surface area contributed by atoms with E-state index in [1.54, 1.807) is 19.2 Å². The third kappa shape index (κ3) is 5.53. The minimum absolute atomic E-state index is 0.269. The van der Waals surface area contributed by atoms with E-state index in [0.29, 0.717) is 13.0 Å². The summed E-state index contributed by atoms with van der Waals surface area (Å²) in [6.07, 6.45) is 0.538. The predicted octanol–water partition coefficient (Wildman–Crippen LogP) is 4.38. The number of methoxy groups -OCH3 is 1. The fourth-order valence-corrected chi connectivity index (χ4v) is 3.51. The molecule has 0 unspecified atom stereocenters. The highest BCUT2D eigenvalue weighted by Crippen LogP contribution is 2.22. The Morgan fingerprint density at radius 3 is 2.50 bits per heavy atom. The molecule has 2 amide bonds. The fourth-order valence-electron chi connectivity index (χ4n) is 2.79. The number of amides is 2. The van der Waals surface area contributed by atoms with Gasteiger partial charge in [0.15, 0.2) is 0 Å². The molecule has 3 rings (SSSR count). The topological polar surface area (TPSA) is 63.2 Å². The monoisotopic (exact) mass is 399 g/mol. The molecular formula is C21H22FN3O2S. The van der Waals surface area contributed by atoms with Crippen LogP contribution in [0.15, 0.2) is 53.9 Å². The maximum Gasteiger partial charge on any atom is 0.315 e. The smallest absolute Gasteiger partial charge is 0.315 e. The average molecular weight is 399 g/mol. The summed E-state index contributed by atoms with van der Waals surface area (Å²) in [5.41, 5.74) is 2.80. The molecule has 0 aliphatic rings. The minimum Gasteiger partial charge on any atom is -0.497 e. The van der Waals surface area contributed by atoms with E-state index in [-0.39, 0.29) is 17.9 Å². The second-order valence-electron chi connectivity index (χ2n) is 6.37. The molecule has 0 spiro atoms. The summed E-state index contributed by atoms with van der Waals surface area (Å²) in [6.45, 7) is 2.29. The van der Waals surface area contributed by atoms with Gasteiger partial charge in [0, 0.05) is 11.1 Å². The second-order valence-corrected chi connectivity index (χ2v) is 7.31. The summed E-state index contributed by atoms with van der Waals surface area (Å²) in [5.74, 6) is 0.460. The van der Waals surface area contributed by atoms with E-state index in [1.165, 1.54) is 23.5 Å². The second kappa shape index (κ2) is 9.32. The molecule has 3 aromatic rings. The van der Waals surface area contributed by atoms with Gasteiger partial charge < -0.3 is 15.4 Å². The summed E-state index contributed by atoms with van der Waals surface area (Å²) in [4.78, 5) is 16.8. The van der Waals surface area contributed by atoms with Crippen molar-refractivity contribution in [2.75, 3.05) is 7.11 Å². The van der Waals surface area contributed by atoms with Gasteiger partial charge in [0.25, 0.3) is 0 Å². The molecule has 1 atom stereocenters. The van der Waals surface area contributed by atoms with Gasteiger partial charge in [0.1, 0.15) is 16.6 Å². The lowest BCUT2D eigenvalue weighted by Crippen LogP contribution is -2.38. The van der Waals surface area contributed by atoms with Gasteiger partial charge >= 0.3 is 6.03 Å². The summed E-state index contributed by atoms with van der Waals surface area (Å²) in [6, 6.07) is 13.3. The Labute approximate surface area is 167 Å². The number of nitrogens with zero attached hydrogens (tertiary/aromatic N) is 1. The van der Waals surface area contributed by atoms with Crippen LogP contribution in [-0.2, 0) is 13.0 Å². The number of urea groups is 1. The number of rotatable bonds is 7. The molecule has 7 heteroatoms. The van der Waals surface area contributed by atoms with Crippen LogP contribution in [0, 0.1) is 12.7 Å². The molecular weight excluding hydrogens is 377 g/mol. The Morgan fingerprint density at radius 1 is 1.18 bits per heavy atom. The molecule has 0 fully saturated rings. The van der Waals surface area contributed by atoms with Crippen molar-refractivity contribution in [1.82, 2.24) is 15.6 Å². The third-order valence-electron chi connectivity index (χ3n) is 4.24. The predicted molar refractivity (Wildman–Crippen MR) is 108 cm³/mol. The molecule has 0 aliphatic heterocycles. The summed E-state index contributed by atoms with van der Waals surface area (Å²) in [7, 11) is 1.61. The molecule has 0 bridgehead atoms. The van der Waals surface area contributed by atoms with Crippen LogP contribution < -0.4 is 15.4 Å².